The topological polar surface area (TPSA) is 29.1 Å². The lowest BCUT2D eigenvalue weighted by molar-refractivity contribution is 0.0971. The molecule has 2 nitrogen and oxygen atoms in total. The van der Waals surface area contributed by atoms with E-state index in [9.17, 15) is 9.18 Å². The van der Waals surface area contributed by atoms with Crippen molar-refractivity contribution in [3.8, 4) is 0 Å². The van der Waals surface area contributed by atoms with Gasteiger partial charge in [-0.25, -0.2) is 4.39 Å². The maximum atomic E-state index is 13.2. The number of halogens is 1. The van der Waals surface area contributed by atoms with Crippen LogP contribution in [0.1, 0.15) is 22.3 Å². The van der Waals surface area contributed by atoms with Crippen LogP contribution in [0.25, 0.3) is 0 Å². The smallest absolute Gasteiger partial charge is 0.164 e. The number of rotatable bonds is 3. The second-order valence-electron chi connectivity index (χ2n) is 4.37. The van der Waals surface area contributed by atoms with Gasteiger partial charge in [-0.05, 0) is 30.7 Å². The van der Waals surface area contributed by atoms with Crippen LogP contribution in [0.5, 0.6) is 0 Å². The van der Waals surface area contributed by atoms with Gasteiger partial charge in [-0.15, -0.1) is 0 Å². The monoisotopic (exact) mass is 253 g/mol. The lowest BCUT2D eigenvalue weighted by atomic mass is 10.0. The van der Waals surface area contributed by atoms with Gasteiger partial charge in [0.25, 0.3) is 0 Å². The summed E-state index contributed by atoms with van der Waals surface area (Å²) in [6.07, 6.45) is 0.454. The van der Waals surface area contributed by atoms with E-state index in [-0.39, 0.29) is 17.6 Å². The Morgan fingerprint density at radius 1 is 1.53 bits per heavy atom. The summed E-state index contributed by atoms with van der Waals surface area (Å²) < 4.78 is 13.2. The SMILES string of the molecule is Cc1cc(F)cc(C(=O)CC2CSCCN2)c1. The van der Waals surface area contributed by atoms with Crippen molar-refractivity contribution < 1.29 is 9.18 Å². The summed E-state index contributed by atoms with van der Waals surface area (Å²) in [5.74, 6) is 1.75. The quantitative estimate of drug-likeness (QED) is 0.839. The first-order valence-electron chi connectivity index (χ1n) is 5.76. The molecular formula is C13H16FNOS. The van der Waals surface area contributed by atoms with Crippen LogP contribution in [0.2, 0.25) is 0 Å². The third kappa shape index (κ3) is 3.54. The summed E-state index contributed by atoms with van der Waals surface area (Å²) >= 11 is 1.86. The molecule has 1 atom stereocenters. The highest BCUT2D eigenvalue weighted by molar-refractivity contribution is 7.99. The minimum atomic E-state index is -0.334. The minimum Gasteiger partial charge on any atom is -0.312 e. The highest BCUT2D eigenvalue weighted by Gasteiger charge is 2.18. The Kier molecular flexibility index (Phi) is 4.18. The van der Waals surface area contributed by atoms with Gasteiger partial charge in [0.1, 0.15) is 5.82 Å². The van der Waals surface area contributed by atoms with Crippen LogP contribution >= 0.6 is 11.8 Å². The molecule has 1 aromatic rings. The molecule has 0 spiro atoms. The van der Waals surface area contributed by atoms with Crippen molar-refractivity contribution >= 4 is 17.5 Å². The molecule has 0 radical (unpaired) electrons. The molecule has 2 rings (SSSR count). The maximum Gasteiger partial charge on any atom is 0.164 e. The van der Waals surface area contributed by atoms with E-state index in [0.29, 0.717) is 12.0 Å². The number of benzene rings is 1. The number of hydrogen-bond acceptors (Lipinski definition) is 3. The Bertz CT molecular complexity index is 396. The lowest BCUT2D eigenvalue weighted by Crippen LogP contribution is -2.38. The van der Waals surface area contributed by atoms with E-state index in [4.69, 9.17) is 0 Å². The van der Waals surface area contributed by atoms with E-state index >= 15 is 0 Å². The Hall–Kier alpha value is -0.870. The maximum absolute atomic E-state index is 13.2. The van der Waals surface area contributed by atoms with Crippen molar-refractivity contribution in [1.29, 1.82) is 0 Å². The average molecular weight is 253 g/mol. The van der Waals surface area contributed by atoms with Crippen LogP contribution in [0.15, 0.2) is 18.2 Å². The zero-order chi connectivity index (χ0) is 12.3. The molecule has 4 heteroatoms. The fourth-order valence-corrected chi connectivity index (χ4v) is 2.94. The van der Waals surface area contributed by atoms with Crippen molar-refractivity contribution in [1.82, 2.24) is 5.32 Å². The Morgan fingerprint density at radius 2 is 2.35 bits per heavy atom. The summed E-state index contributed by atoms with van der Waals surface area (Å²) in [4.78, 5) is 12.0. The number of aryl methyl sites for hydroxylation is 1. The number of hydrogen-bond donors (Lipinski definition) is 1. The number of Topliss-reactive ketones (excluding diaryl/α,β-unsaturated/α-hetero) is 1. The van der Waals surface area contributed by atoms with Gasteiger partial charge >= 0.3 is 0 Å². The molecule has 0 aromatic heterocycles. The molecule has 1 aliphatic rings. The van der Waals surface area contributed by atoms with Crippen LogP contribution < -0.4 is 5.32 Å². The van der Waals surface area contributed by atoms with E-state index in [2.05, 4.69) is 5.32 Å². The zero-order valence-electron chi connectivity index (χ0n) is 9.83. The molecule has 1 aromatic carbocycles. The summed E-state index contributed by atoms with van der Waals surface area (Å²) in [7, 11) is 0. The van der Waals surface area contributed by atoms with Crippen molar-refractivity contribution in [2.45, 2.75) is 19.4 Å². The van der Waals surface area contributed by atoms with E-state index in [0.717, 1.165) is 23.6 Å². The molecular weight excluding hydrogens is 237 g/mol. The normalized spacial score (nSPS) is 20.2. The third-order valence-corrected chi connectivity index (χ3v) is 3.93. The predicted molar refractivity (Wildman–Crippen MR) is 69.2 cm³/mol. The standard InChI is InChI=1S/C13H16FNOS/c1-9-4-10(6-11(14)5-9)13(16)7-12-8-17-3-2-15-12/h4-6,12,15H,2-3,7-8H2,1H3. The molecule has 1 aliphatic heterocycles. The number of thioether (sulfide) groups is 1. The first kappa shape index (κ1) is 12.6. The Balaban J connectivity index is 2.03. The van der Waals surface area contributed by atoms with Crippen molar-refractivity contribution in [2.24, 2.45) is 0 Å². The summed E-state index contributed by atoms with van der Waals surface area (Å²) in [5, 5.41) is 3.31. The highest BCUT2D eigenvalue weighted by Crippen LogP contribution is 2.15. The molecule has 1 N–H and O–H groups in total. The van der Waals surface area contributed by atoms with Crippen LogP contribution in [-0.2, 0) is 0 Å². The lowest BCUT2D eigenvalue weighted by Gasteiger charge is -2.22. The summed E-state index contributed by atoms with van der Waals surface area (Å²) in [6.45, 7) is 2.75. The number of nitrogens with one attached hydrogen (secondary N) is 1. The third-order valence-electron chi connectivity index (χ3n) is 2.79. The highest BCUT2D eigenvalue weighted by atomic mass is 32.2. The molecule has 0 saturated carbocycles. The van der Waals surface area contributed by atoms with Gasteiger partial charge in [-0.2, -0.15) is 11.8 Å². The van der Waals surface area contributed by atoms with Gasteiger partial charge in [0.15, 0.2) is 5.78 Å². The fraction of sp³-hybridized carbons (Fsp3) is 0.462. The molecule has 1 unspecified atom stereocenters. The first-order chi connectivity index (χ1) is 8.15. The average Bonchev–Trinajstić information content (AvgIpc) is 2.29. The van der Waals surface area contributed by atoms with Gasteiger partial charge < -0.3 is 5.32 Å². The molecule has 1 saturated heterocycles. The number of ketones is 1. The second-order valence-corrected chi connectivity index (χ2v) is 5.52. The van der Waals surface area contributed by atoms with Gasteiger partial charge in [-0.3, -0.25) is 4.79 Å². The molecule has 92 valence electrons. The number of carbonyl (C=O) groups is 1. The van der Waals surface area contributed by atoms with E-state index in [1.54, 1.807) is 13.0 Å². The van der Waals surface area contributed by atoms with Gasteiger partial charge in [0.2, 0.25) is 0 Å². The van der Waals surface area contributed by atoms with Crippen molar-refractivity contribution in [2.75, 3.05) is 18.1 Å². The van der Waals surface area contributed by atoms with Gasteiger partial charge in [0.05, 0.1) is 0 Å². The molecule has 1 heterocycles. The molecule has 1 fully saturated rings. The fourth-order valence-electron chi connectivity index (χ4n) is 1.99. The van der Waals surface area contributed by atoms with Crippen LogP contribution in [-0.4, -0.2) is 29.9 Å². The molecule has 0 bridgehead atoms. The van der Waals surface area contributed by atoms with Crippen LogP contribution in [0, 0.1) is 12.7 Å². The number of carbonyl (C=O) groups excluding carboxylic acids is 1. The zero-order valence-corrected chi connectivity index (χ0v) is 10.6. The Labute approximate surface area is 105 Å². The minimum absolute atomic E-state index is 0.0209. The van der Waals surface area contributed by atoms with E-state index in [1.807, 2.05) is 11.8 Å². The first-order valence-corrected chi connectivity index (χ1v) is 6.92. The van der Waals surface area contributed by atoms with E-state index < -0.39 is 0 Å². The van der Waals surface area contributed by atoms with Gasteiger partial charge in [-0.1, -0.05) is 0 Å². The van der Waals surface area contributed by atoms with Gasteiger partial charge in [0, 0.05) is 36.1 Å². The molecule has 0 aliphatic carbocycles. The van der Waals surface area contributed by atoms with Crippen molar-refractivity contribution in [3.05, 3.63) is 35.1 Å². The van der Waals surface area contributed by atoms with Crippen LogP contribution in [0.3, 0.4) is 0 Å². The second kappa shape index (κ2) is 5.65. The largest absolute Gasteiger partial charge is 0.312 e. The van der Waals surface area contributed by atoms with Crippen molar-refractivity contribution in [3.63, 3.8) is 0 Å². The molecule has 0 amide bonds. The molecule has 17 heavy (non-hydrogen) atoms. The van der Waals surface area contributed by atoms with Crippen LogP contribution in [0.4, 0.5) is 4.39 Å². The Morgan fingerprint density at radius 3 is 3.00 bits per heavy atom. The van der Waals surface area contributed by atoms with E-state index in [1.165, 1.54) is 12.1 Å². The summed E-state index contributed by atoms with van der Waals surface area (Å²) in [6, 6.07) is 4.74. The predicted octanol–water partition coefficient (Wildman–Crippen LogP) is 2.41. The summed E-state index contributed by atoms with van der Waals surface area (Å²) in [5.41, 5.74) is 1.28.